The molecule has 21 heavy (non-hydrogen) atoms. The first-order valence-electron chi connectivity index (χ1n) is 4.15. The zero-order chi connectivity index (χ0) is 17.7. The summed E-state index contributed by atoms with van der Waals surface area (Å²) in [5, 5.41) is 0. The second kappa shape index (κ2) is 4.90. The normalized spacial score (nSPS) is 15.1. The van der Waals surface area contributed by atoms with Gasteiger partial charge in [-0.15, -0.1) is 0 Å². The Balaban J connectivity index is 6.73. The molecule has 0 aromatic heterocycles. The van der Waals surface area contributed by atoms with Gasteiger partial charge in [-0.1, -0.05) is 0 Å². The van der Waals surface area contributed by atoms with Gasteiger partial charge in [0.2, 0.25) is 0 Å². The summed E-state index contributed by atoms with van der Waals surface area (Å²) in [5.74, 6) is -5.08. The highest BCUT2D eigenvalue weighted by Crippen LogP contribution is 2.55. The topological polar surface area (TPSA) is 0 Å². The van der Waals surface area contributed by atoms with Crippen LogP contribution in [0.3, 0.4) is 0 Å². The van der Waals surface area contributed by atoms with Crippen LogP contribution in [0.15, 0.2) is 11.4 Å². The molecule has 0 saturated heterocycles. The molecule has 0 aromatic carbocycles. The van der Waals surface area contributed by atoms with Crippen molar-refractivity contribution in [2.45, 2.75) is 30.4 Å². The Hall–Kier alpha value is -1.24. The predicted octanol–water partition coefficient (Wildman–Crippen LogP) is 5.17. The number of halogens is 14. The van der Waals surface area contributed by atoms with E-state index in [-0.39, 0.29) is 0 Å². The average Bonchev–Trinajstić information content (AvgIpc) is 2.07. The van der Waals surface area contributed by atoms with Gasteiger partial charge in [-0.2, -0.15) is 52.7 Å². The molecular formula is C7F14. The molecule has 0 spiro atoms. The molecule has 0 atom stereocenters. The third-order valence-corrected chi connectivity index (χ3v) is 1.87. The smallest absolute Gasteiger partial charge is 0.215 e. The lowest BCUT2D eigenvalue weighted by Gasteiger charge is -2.30. The van der Waals surface area contributed by atoms with Crippen LogP contribution >= 0.6 is 0 Å². The Morgan fingerprint density at radius 3 is 0.857 bits per heavy atom. The van der Waals surface area contributed by atoms with E-state index in [1.165, 1.54) is 0 Å². The first kappa shape index (κ1) is 19.8. The summed E-state index contributed by atoms with van der Waals surface area (Å²) in [4.78, 5) is 0. The van der Waals surface area contributed by atoms with Crippen LogP contribution in [0, 0.1) is 0 Å². The van der Waals surface area contributed by atoms with Gasteiger partial charge in [0.1, 0.15) is 0 Å². The molecule has 0 aliphatic rings. The van der Waals surface area contributed by atoms with Crippen molar-refractivity contribution in [3.8, 4) is 0 Å². The van der Waals surface area contributed by atoms with Crippen molar-refractivity contribution in [1.29, 1.82) is 0 Å². The van der Waals surface area contributed by atoms with E-state index in [1.54, 1.807) is 0 Å². The van der Waals surface area contributed by atoms with Crippen molar-refractivity contribution in [2.24, 2.45) is 0 Å². The molecule has 0 unspecified atom stereocenters. The summed E-state index contributed by atoms with van der Waals surface area (Å²) in [6.45, 7) is 0. The van der Waals surface area contributed by atoms with Crippen LogP contribution in [-0.4, -0.2) is 30.4 Å². The average molecular weight is 350 g/mol. The molecule has 126 valence electrons. The number of alkyl halides is 13. The van der Waals surface area contributed by atoms with Gasteiger partial charge in [0.05, 0.1) is 0 Å². The highest BCUT2D eigenvalue weighted by molar-refractivity contribution is 5.30. The summed E-state index contributed by atoms with van der Waals surface area (Å²) in [6.07, 6.45) is -29.0. The van der Waals surface area contributed by atoms with Crippen molar-refractivity contribution >= 4 is 0 Å². The van der Waals surface area contributed by atoms with Gasteiger partial charge in [0.25, 0.3) is 0 Å². The maximum absolute atomic E-state index is 12.8. The van der Waals surface area contributed by atoms with Crippen molar-refractivity contribution in [1.82, 2.24) is 0 Å². The van der Waals surface area contributed by atoms with Crippen LogP contribution in [0.1, 0.15) is 0 Å². The van der Waals surface area contributed by atoms with Crippen LogP contribution in [0.4, 0.5) is 61.5 Å². The Bertz CT molecular complexity index is 381. The molecule has 0 amide bonds. The van der Waals surface area contributed by atoms with Gasteiger partial charge >= 0.3 is 30.4 Å². The van der Waals surface area contributed by atoms with Crippen molar-refractivity contribution < 1.29 is 61.5 Å². The lowest BCUT2D eigenvalue weighted by atomic mass is 9.98. The Morgan fingerprint density at radius 1 is 0.476 bits per heavy atom. The van der Waals surface area contributed by atoms with Crippen molar-refractivity contribution in [3.05, 3.63) is 11.4 Å². The minimum Gasteiger partial charge on any atom is -0.215 e. The Morgan fingerprint density at radius 2 is 0.714 bits per heavy atom. The molecule has 14 heteroatoms. The number of hydrogen-bond donors (Lipinski definition) is 0. The lowest BCUT2D eigenvalue weighted by molar-refractivity contribution is -0.333. The lowest BCUT2D eigenvalue weighted by Crippen LogP contribution is -2.55. The highest BCUT2D eigenvalue weighted by Gasteiger charge is 2.78. The van der Waals surface area contributed by atoms with Crippen molar-refractivity contribution in [2.75, 3.05) is 0 Å². The standard InChI is InChI=1S/C7F14/c8-2(1(4(10,11)12)5(13,14)15)3(9,6(16,17)18)7(19,20)21. The zero-order valence-corrected chi connectivity index (χ0v) is 8.79. The molecule has 0 fully saturated rings. The van der Waals surface area contributed by atoms with E-state index < -0.39 is 41.8 Å². The molecule has 0 aliphatic carbocycles. The third kappa shape index (κ3) is 3.51. The summed E-state index contributed by atoms with van der Waals surface area (Å²) < 4.78 is 168. The van der Waals surface area contributed by atoms with Crippen LogP contribution < -0.4 is 0 Å². The van der Waals surface area contributed by atoms with Gasteiger partial charge in [-0.3, -0.25) is 0 Å². The van der Waals surface area contributed by atoms with E-state index in [4.69, 9.17) is 0 Å². The quantitative estimate of drug-likeness (QED) is 0.573. The number of hydrogen-bond acceptors (Lipinski definition) is 0. The molecule has 0 aromatic rings. The summed E-state index contributed by atoms with van der Waals surface area (Å²) >= 11 is 0. The zero-order valence-electron chi connectivity index (χ0n) is 8.79. The molecule has 0 aliphatic heterocycles. The van der Waals surface area contributed by atoms with Crippen LogP contribution in [-0.2, 0) is 0 Å². The van der Waals surface area contributed by atoms with Gasteiger partial charge in [-0.25, -0.2) is 8.78 Å². The number of allylic oxidation sites excluding steroid dienone is 2. The van der Waals surface area contributed by atoms with E-state index in [0.29, 0.717) is 0 Å². The molecule has 0 N–H and O–H groups in total. The summed E-state index contributed by atoms with van der Waals surface area (Å²) in [6, 6.07) is 0. The van der Waals surface area contributed by atoms with E-state index in [9.17, 15) is 61.5 Å². The fourth-order valence-corrected chi connectivity index (χ4v) is 0.991. The van der Waals surface area contributed by atoms with Gasteiger partial charge < -0.3 is 0 Å². The van der Waals surface area contributed by atoms with E-state index in [1.807, 2.05) is 0 Å². The molecule has 0 nitrogen and oxygen atoms in total. The van der Waals surface area contributed by atoms with Gasteiger partial charge in [-0.05, 0) is 0 Å². The van der Waals surface area contributed by atoms with E-state index in [2.05, 4.69) is 0 Å². The SMILES string of the molecule is FC(=C(C(F)(F)F)C(F)(F)F)C(F)(C(F)(F)F)C(F)(F)F. The fraction of sp³-hybridized carbons (Fsp3) is 0.714. The third-order valence-electron chi connectivity index (χ3n) is 1.87. The monoisotopic (exact) mass is 350 g/mol. The predicted molar refractivity (Wildman–Crippen MR) is 36.2 cm³/mol. The Kier molecular flexibility index (Phi) is 4.61. The molecular weight excluding hydrogens is 350 g/mol. The molecule has 0 saturated carbocycles. The molecule has 0 radical (unpaired) electrons. The fourth-order valence-electron chi connectivity index (χ4n) is 0.991. The number of rotatable bonds is 1. The summed E-state index contributed by atoms with van der Waals surface area (Å²) in [5.41, 5.74) is -12.3. The van der Waals surface area contributed by atoms with Gasteiger partial charge in [0.15, 0.2) is 11.4 Å². The summed E-state index contributed by atoms with van der Waals surface area (Å²) in [7, 11) is 0. The molecule has 0 heterocycles. The molecule has 0 rings (SSSR count). The highest BCUT2D eigenvalue weighted by atomic mass is 19.4. The van der Waals surface area contributed by atoms with Gasteiger partial charge in [0, 0.05) is 0 Å². The maximum Gasteiger partial charge on any atom is 0.438 e. The maximum atomic E-state index is 12.8. The van der Waals surface area contributed by atoms with E-state index in [0.717, 1.165) is 0 Å². The first-order valence-corrected chi connectivity index (χ1v) is 4.15. The van der Waals surface area contributed by atoms with Crippen LogP contribution in [0.25, 0.3) is 0 Å². The van der Waals surface area contributed by atoms with Crippen LogP contribution in [0.2, 0.25) is 0 Å². The Labute approximate surface area is 105 Å². The molecule has 0 bridgehead atoms. The van der Waals surface area contributed by atoms with Crippen LogP contribution in [0.5, 0.6) is 0 Å². The minimum atomic E-state index is -7.46. The second-order valence-electron chi connectivity index (χ2n) is 3.34. The minimum absolute atomic E-state index is 4.87. The second-order valence-corrected chi connectivity index (χ2v) is 3.34. The first-order chi connectivity index (χ1) is 8.78. The largest absolute Gasteiger partial charge is 0.438 e. The van der Waals surface area contributed by atoms with E-state index >= 15 is 0 Å². The van der Waals surface area contributed by atoms with Crippen molar-refractivity contribution in [3.63, 3.8) is 0 Å².